The van der Waals surface area contributed by atoms with Crippen LogP contribution in [0.4, 0.5) is 0 Å². The van der Waals surface area contributed by atoms with Gasteiger partial charge in [0.1, 0.15) is 9.84 Å². The maximum Gasteiger partial charge on any atom is 0.150 e. The molecule has 1 aliphatic rings. The zero-order valence-corrected chi connectivity index (χ0v) is 11.8. The van der Waals surface area contributed by atoms with Crippen LogP contribution < -0.4 is 5.32 Å². The fourth-order valence-corrected chi connectivity index (χ4v) is 3.22. The van der Waals surface area contributed by atoms with Gasteiger partial charge in [0.25, 0.3) is 0 Å². The van der Waals surface area contributed by atoms with Gasteiger partial charge in [-0.25, -0.2) is 8.42 Å². The molecule has 17 heavy (non-hydrogen) atoms. The molecule has 0 aromatic heterocycles. The molecule has 0 aromatic carbocycles. The highest BCUT2D eigenvalue weighted by Gasteiger charge is 2.24. The van der Waals surface area contributed by atoms with E-state index in [0.717, 1.165) is 39.0 Å². The Morgan fingerprint density at radius 2 is 2.12 bits per heavy atom. The zero-order valence-electron chi connectivity index (χ0n) is 10.9. The largest absolute Gasteiger partial charge is 0.381 e. The smallest absolute Gasteiger partial charge is 0.150 e. The molecule has 1 saturated heterocycles. The first-order valence-corrected chi connectivity index (χ1v) is 8.42. The molecule has 2 atom stereocenters. The molecule has 0 saturated carbocycles. The summed E-state index contributed by atoms with van der Waals surface area (Å²) in [5.74, 6) is 1.04. The van der Waals surface area contributed by atoms with Crippen LogP contribution in [0.1, 0.15) is 33.1 Å². The van der Waals surface area contributed by atoms with Crippen molar-refractivity contribution < 1.29 is 13.2 Å². The second kappa shape index (κ2) is 7.34. The number of hydrogen-bond acceptors (Lipinski definition) is 4. The molecule has 0 spiro atoms. The molecule has 1 N–H and O–H groups in total. The summed E-state index contributed by atoms with van der Waals surface area (Å²) in [5.41, 5.74) is 0. The fourth-order valence-electron chi connectivity index (χ4n) is 2.32. The van der Waals surface area contributed by atoms with E-state index in [1.807, 2.05) is 0 Å². The highest BCUT2D eigenvalue weighted by atomic mass is 32.2. The average molecular weight is 263 g/mol. The Kier molecular flexibility index (Phi) is 6.44. The van der Waals surface area contributed by atoms with E-state index < -0.39 is 9.84 Å². The lowest BCUT2D eigenvalue weighted by Crippen LogP contribution is -2.42. The second-order valence-corrected chi connectivity index (χ2v) is 7.14. The van der Waals surface area contributed by atoms with Gasteiger partial charge < -0.3 is 10.1 Å². The number of ether oxygens (including phenoxy) is 1. The Hall–Kier alpha value is -0.130. The van der Waals surface area contributed by atoms with Crippen LogP contribution in [0.2, 0.25) is 0 Å². The van der Waals surface area contributed by atoms with E-state index >= 15 is 0 Å². The van der Waals surface area contributed by atoms with Gasteiger partial charge in [0, 0.05) is 18.4 Å². The quantitative estimate of drug-likeness (QED) is 0.750. The van der Waals surface area contributed by atoms with E-state index in [4.69, 9.17) is 4.74 Å². The van der Waals surface area contributed by atoms with E-state index in [9.17, 15) is 8.42 Å². The number of rotatable bonds is 7. The van der Waals surface area contributed by atoms with Gasteiger partial charge in [0.15, 0.2) is 0 Å². The maximum absolute atomic E-state index is 11.4. The predicted molar refractivity (Wildman–Crippen MR) is 70.0 cm³/mol. The zero-order chi connectivity index (χ0) is 12.7. The number of sulfone groups is 1. The third-order valence-electron chi connectivity index (χ3n) is 3.41. The summed E-state index contributed by atoms with van der Waals surface area (Å²) in [6.45, 7) is 6.37. The van der Waals surface area contributed by atoms with Crippen LogP contribution in [0.5, 0.6) is 0 Å². The Bertz CT molecular complexity index is 301. The number of nitrogens with one attached hydrogen (secondary N) is 1. The minimum atomic E-state index is -2.81. The van der Waals surface area contributed by atoms with E-state index in [2.05, 4.69) is 12.2 Å². The minimum absolute atomic E-state index is 0.255. The van der Waals surface area contributed by atoms with Crippen molar-refractivity contribution in [3.63, 3.8) is 0 Å². The van der Waals surface area contributed by atoms with Crippen molar-refractivity contribution in [2.45, 2.75) is 39.2 Å². The molecule has 1 fully saturated rings. The van der Waals surface area contributed by atoms with Crippen molar-refractivity contribution >= 4 is 9.84 Å². The lowest BCUT2D eigenvalue weighted by Gasteiger charge is -2.32. The molecule has 2 unspecified atom stereocenters. The normalized spacial score (nSPS) is 26.0. The van der Waals surface area contributed by atoms with Crippen LogP contribution in [0.15, 0.2) is 0 Å². The first-order valence-electron chi connectivity index (χ1n) is 6.60. The van der Waals surface area contributed by atoms with Gasteiger partial charge in [0.2, 0.25) is 0 Å². The second-order valence-electron chi connectivity index (χ2n) is 4.67. The molecule has 1 aliphatic heterocycles. The summed E-state index contributed by atoms with van der Waals surface area (Å²) in [5, 5.41) is 3.47. The predicted octanol–water partition coefficient (Wildman–Crippen LogP) is 1.22. The lowest BCUT2D eigenvalue weighted by atomic mass is 9.91. The molecule has 0 radical (unpaired) electrons. The molecule has 0 amide bonds. The molecular weight excluding hydrogens is 238 g/mol. The maximum atomic E-state index is 11.4. The van der Waals surface area contributed by atoms with Crippen molar-refractivity contribution in [1.82, 2.24) is 5.32 Å². The van der Waals surface area contributed by atoms with Crippen LogP contribution in [0.25, 0.3) is 0 Å². The lowest BCUT2D eigenvalue weighted by molar-refractivity contribution is 0.0290. The van der Waals surface area contributed by atoms with Crippen molar-refractivity contribution in [3.05, 3.63) is 0 Å². The molecular formula is C12H25NO3S. The van der Waals surface area contributed by atoms with Gasteiger partial charge in [0.05, 0.1) is 12.4 Å². The van der Waals surface area contributed by atoms with E-state index in [0.29, 0.717) is 17.7 Å². The molecule has 5 heteroatoms. The fraction of sp³-hybridized carbons (Fsp3) is 1.00. The summed E-state index contributed by atoms with van der Waals surface area (Å²) in [6.07, 6.45) is 2.74. The topological polar surface area (TPSA) is 55.4 Å². The van der Waals surface area contributed by atoms with Crippen LogP contribution in [-0.2, 0) is 14.6 Å². The first-order chi connectivity index (χ1) is 8.09. The van der Waals surface area contributed by atoms with Gasteiger partial charge in [-0.2, -0.15) is 0 Å². The van der Waals surface area contributed by atoms with Gasteiger partial charge in [-0.05, 0) is 31.7 Å². The highest BCUT2D eigenvalue weighted by Crippen LogP contribution is 2.20. The molecule has 0 aromatic rings. The van der Waals surface area contributed by atoms with E-state index in [1.165, 1.54) is 0 Å². The van der Waals surface area contributed by atoms with Crippen LogP contribution in [0.3, 0.4) is 0 Å². The Morgan fingerprint density at radius 3 is 2.76 bits per heavy atom. The average Bonchev–Trinajstić information content (AvgIpc) is 2.31. The summed E-state index contributed by atoms with van der Waals surface area (Å²) in [4.78, 5) is 0. The van der Waals surface area contributed by atoms with Gasteiger partial charge in [-0.3, -0.25) is 0 Å². The Morgan fingerprint density at radius 1 is 1.35 bits per heavy atom. The molecule has 4 nitrogen and oxygen atoms in total. The SMILES string of the molecule is CCNC1CCOCC1CCCS(=O)(=O)CC. The van der Waals surface area contributed by atoms with Crippen molar-refractivity contribution in [3.8, 4) is 0 Å². The van der Waals surface area contributed by atoms with E-state index in [1.54, 1.807) is 6.92 Å². The highest BCUT2D eigenvalue weighted by molar-refractivity contribution is 7.91. The van der Waals surface area contributed by atoms with Crippen LogP contribution in [0, 0.1) is 5.92 Å². The standard InChI is InChI=1S/C12H25NO3S/c1-3-13-12-7-8-16-10-11(12)6-5-9-17(14,15)4-2/h11-13H,3-10H2,1-2H3. The van der Waals surface area contributed by atoms with E-state index in [-0.39, 0.29) is 5.75 Å². The van der Waals surface area contributed by atoms with Crippen molar-refractivity contribution in [2.75, 3.05) is 31.3 Å². The minimum Gasteiger partial charge on any atom is -0.381 e. The van der Waals surface area contributed by atoms with Gasteiger partial charge in [-0.1, -0.05) is 13.8 Å². The van der Waals surface area contributed by atoms with Gasteiger partial charge in [-0.15, -0.1) is 0 Å². The third kappa shape index (κ3) is 5.36. The summed E-state index contributed by atoms with van der Waals surface area (Å²) in [7, 11) is -2.81. The summed E-state index contributed by atoms with van der Waals surface area (Å²) in [6, 6.07) is 0.498. The Balaban J connectivity index is 2.33. The summed E-state index contributed by atoms with van der Waals surface area (Å²) < 4.78 is 28.3. The Labute approximate surface area is 105 Å². The van der Waals surface area contributed by atoms with Gasteiger partial charge >= 0.3 is 0 Å². The molecule has 102 valence electrons. The first kappa shape index (κ1) is 14.9. The third-order valence-corrected chi connectivity index (χ3v) is 5.20. The van der Waals surface area contributed by atoms with Crippen molar-refractivity contribution in [2.24, 2.45) is 5.92 Å². The monoisotopic (exact) mass is 263 g/mol. The van der Waals surface area contributed by atoms with Crippen LogP contribution >= 0.6 is 0 Å². The number of hydrogen-bond donors (Lipinski definition) is 1. The summed E-state index contributed by atoms with van der Waals surface area (Å²) >= 11 is 0. The molecule has 0 aliphatic carbocycles. The molecule has 1 rings (SSSR count). The van der Waals surface area contributed by atoms with Crippen LogP contribution in [-0.4, -0.2) is 45.7 Å². The van der Waals surface area contributed by atoms with Crippen molar-refractivity contribution in [1.29, 1.82) is 0 Å². The molecule has 1 heterocycles. The molecule has 0 bridgehead atoms.